The van der Waals surface area contributed by atoms with Crippen LogP contribution in [0.4, 0.5) is 10.1 Å². The monoisotopic (exact) mass is 515 g/mol. The highest BCUT2D eigenvalue weighted by molar-refractivity contribution is 6.42. The lowest BCUT2D eigenvalue weighted by molar-refractivity contribution is -0.117. The molecule has 0 saturated heterocycles. The van der Waals surface area contributed by atoms with Crippen molar-refractivity contribution in [1.29, 1.82) is 0 Å². The number of hydrogen-bond donors (Lipinski definition) is 1. The standard InChI is InChI=1S/C25H13Cl3FNO4/c26-13-5-8-19-12(9-13)10-20(34-19)23(31)21-22(15-3-1-2-4-18(15)29)30(25(33)24(21)32)14-6-7-16(27)17(28)11-14/h1-11,22,32H. The van der Waals surface area contributed by atoms with Gasteiger partial charge >= 0.3 is 0 Å². The van der Waals surface area contributed by atoms with Crippen LogP contribution < -0.4 is 4.90 Å². The number of rotatable bonds is 4. The quantitative estimate of drug-likeness (QED) is 0.289. The van der Waals surface area contributed by atoms with Crippen molar-refractivity contribution in [3.05, 3.63) is 110 Å². The summed E-state index contributed by atoms with van der Waals surface area (Å²) in [7, 11) is 0. The van der Waals surface area contributed by atoms with Gasteiger partial charge in [-0.1, -0.05) is 53.0 Å². The van der Waals surface area contributed by atoms with Gasteiger partial charge in [-0.15, -0.1) is 0 Å². The van der Waals surface area contributed by atoms with E-state index in [0.29, 0.717) is 16.0 Å². The third-order valence-electron chi connectivity index (χ3n) is 5.54. The highest BCUT2D eigenvalue weighted by atomic mass is 35.5. The number of ketones is 1. The molecule has 0 radical (unpaired) electrons. The van der Waals surface area contributed by atoms with Crippen LogP contribution >= 0.6 is 34.8 Å². The first-order valence-corrected chi connectivity index (χ1v) is 11.1. The molecular weight excluding hydrogens is 504 g/mol. The highest BCUT2D eigenvalue weighted by Gasteiger charge is 2.46. The van der Waals surface area contributed by atoms with Gasteiger partial charge in [0.15, 0.2) is 11.5 Å². The SMILES string of the molecule is O=C(C1=C(O)C(=O)N(c2ccc(Cl)c(Cl)c2)C1c1ccccc1F)c1cc2cc(Cl)ccc2o1. The Morgan fingerprint density at radius 1 is 0.971 bits per heavy atom. The Morgan fingerprint density at radius 2 is 1.74 bits per heavy atom. The maximum absolute atomic E-state index is 14.9. The number of anilines is 1. The van der Waals surface area contributed by atoms with E-state index in [1.165, 1.54) is 42.5 Å². The van der Waals surface area contributed by atoms with Crippen molar-refractivity contribution in [2.45, 2.75) is 6.04 Å². The van der Waals surface area contributed by atoms with Gasteiger partial charge in [-0.2, -0.15) is 0 Å². The molecule has 1 aliphatic heterocycles. The molecule has 0 bridgehead atoms. The summed E-state index contributed by atoms with van der Waals surface area (Å²) in [6, 6.07) is 15.0. The van der Waals surface area contributed by atoms with Gasteiger partial charge in [-0.3, -0.25) is 14.5 Å². The zero-order valence-electron chi connectivity index (χ0n) is 17.1. The third-order valence-corrected chi connectivity index (χ3v) is 6.51. The van der Waals surface area contributed by atoms with E-state index in [0.717, 1.165) is 4.90 Å². The number of aliphatic hydroxyl groups is 1. The van der Waals surface area contributed by atoms with Crippen LogP contribution in [0, 0.1) is 5.82 Å². The Kier molecular flexibility index (Phi) is 5.60. The molecular formula is C25H13Cl3FNO4. The first kappa shape index (κ1) is 22.5. The van der Waals surface area contributed by atoms with E-state index < -0.39 is 29.3 Å². The minimum Gasteiger partial charge on any atom is -0.503 e. The van der Waals surface area contributed by atoms with E-state index in [9.17, 15) is 19.1 Å². The second-order valence-corrected chi connectivity index (χ2v) is 8.83. The van der Waals surface area contributed by atoms with Crippen molar-refractivity contribution in [2.75, 3.05) is 4.90 Å². The van der Waals surface area contributed by atoms with E-state index in [-0.39, 0.29) is 32.6 Å². The maximum atomic E-state index is 14.9. The molecule has 1 atom stereocenters. The highest BCUT2D eigenvalue weighted by Crippen LogP contribution is 2.44. The number of hydrogen-bond acceptors (Lipinski definition) is 4. The summed E-state index contributed by atoms with van der Waals surface area (Å²) < 4.78 is 20.6. The van der Waals surface area contributed by atoms with Crippen LogP contribution in [0.15, 0.2) is 82.5 Å². The van der Waals surface area contributed by atoms with E-state index in [1.54, 1.807) is 24.3 Å². The van der Waals surface area contributed by atoms with E-state index in [2.05, 4.69) is 0 Å². The largest absolute Gasteiger partial charge is 0.503 e. The lowest BCUT2D eigenvalue weighted by Gasteiger charge is -2.27. The van der Waals surface area contributed by atoms with Gasteiger partial charge in [0.2, 0.25) is 5.78 Å². The van der Waals surface area contributed by atoms with Gasteiger partial charge < -0.3 is 9.52 Å². The Bertz CT molecular complexity index is 1530. The number of carbonyl (C=O) groups excluding carboxylic acids is 2. The zero-order valence-corrected chi connectivity index (χ0v) is 19.3. The molecule has 170 valence electrons. The molecule has 1 N–H and O–H groups in total. The van der Waals surface area contributed by atoms with Crippen LogP contribution in [-0.4, -0.2) is 16.8 Å². The normalized spacial score (nSPS) is 16.1. The van der Waals surface area contributed by atoms with Crippen molar-refractivity contribution in [2.24, 2.45) is 0 Å². The number of fused-ring (bicyclic) bond motifs is 1. The van der Waals surface area contributed by atoms with E-state index >= 15 is 0 Å². The topological polar surface area (TPSA) is 70.8 Å². The molecule has 5 rings (SSSR count). The Morgan fingerprint density at radius 3 is 2.47 bits per heavy atom. The smallest absolute Gasteiger partial charge is 0.294 e. The molecule has 1 amide bonds. The number of furan rings is 1. The fourth-order valence-corrected chi connectivity index (χ4v) is 4.46. The Hall–Kier alpha value is -3.32. The Balaban J connectivity index is 1.68. The summed E-state index contributed by atoms with van der Waals surface area (Å²) >= 11 is 18.2. The number of halogens is 4. The maximum Gasteiger partial charge on any atom is 0.294 e. The summed E-state index contributed by atoms with van der Waals surface area (Å²) in [5, 5.41) is 12.2. The zero-order chi connectivity index (χ0) is 24.1. The molecule has 2 heterocycles. The number of benzene rings is 3. The molecule has 34 heavy (non-hydrogen) atoms. The number of carbonyl (C=O) groups is 2. The average Bonchev–Trinajstić information content (AvgIpc) is 3.34. The van der Waals surface area contributed by atoms with Crippen LogP contribution in [0.1, 0.15) is 22.2 Å². The lowest BCUT2D eigenvalue weighted by Crippen LogP contribution is -2.31. The minimum absolute atomic E-state index is 0.00785. The summed E-state index contributed by atoms with van der Waals surface area (Å²) in [6.07, 6.45) is 0. The van der Waals surface area contributed by atoms with Crippen molar-refractivity contribution in [1.82, 2.24) is 0 Å². The molecule has 0 aliphatic carbocycles. The predicted molar refractivity (Wildman–Crippen MR) is 128 cm³/mol. The minimum atomic E-state index is -1.28. The molecule has 1 unspecified atom stereocenters. The second-order valence-electron chi connectivity index (χ2n) is 7.58. The van der Waals surface area contributed by atoms with Crippen LogP contribution in [0.25, 0.3) is 11.0 Å². The average molecular weight is 517 g/mol. The predicted octanol–water partition coefficient (Wildman–Crippen LogP) is 7.32. The fourth-order valence-electron chi connectivity index (χ4n) is 3.99. The van der Waals surface area contributed by atoms with E-state index in [4.69, 9.17) is 39.2 Å². The summed E-state index contributed by atoms with van der Waals surface area (Å²) in [5.74, 6) is -3.28. The van der Waals surface area contributed by atoms with Crippen LogP contribution in [-0.2, 0) is 4.79 Å². The molecule has 3 aromatic carbocycles. The van der Waals surface area contributed by atoms with Gasteiger partial charge in [0.1, 0.15) is 11.4 Å². The Labute approximate surface area is 207 Å². The van der Waals surface area contributed by atoms with Crippen molar-refractivity contribution in [3.63, 3.8) is 0 Å². The van der Waals surface area contributed by atoms with Crippen LogP contribution in [0.2, 0.25) is 15.1 Å². The van der Waals surface area contributed by atoms with Crippen molar-refractivity contribution < 1.29 is 23.5 Å². The molecule has 0 fully saturated rings. The number of amides is 1. The molecule has 0 saturated carbocycles. The molecule has 1 aromatic heterocycles. The first-order valence-electron chi connectivity index (χ1n) is 9.96. The summed E-state index contributed by atoms with van der Waals surface area (Å²) in [4.78, 5) is 27.8. The van der Waals surface area contributed by atoms with Gasteiger partial charge in [0.05, 0.1) is 21.7 Å². The third kappa shape index (κ3) is 3.64. The summed E-state index contributed by atoms with van der Waals surface area (Å²) in [5.41, 5.74) is 0.291. The molecule has 5 nitrogen and oxygen atoms in total. The number of Topliss-reactive ketones (excluding diaryl/α,β-unsaturated/α-hetero) is 1. The molecule has 0 spiro atoms. The lowest BCUT2D eigenvalue weighted by atomic mass is 9.94. The van der Waals surface area contributed by atoms with Crippen molar-refractivity contribution >= 4 is 63.1 Å². The van der Waals surface area contributed by atoms with Crippen LogP contribution in [0.5, 0.6) is 0 Å². The number of nitrogens with zero attached hydrogens (tertiary/aromatic N) is 1. The number of aliphatic hydroxyl groups excluding tert-OH is 1. The second kappa shape index (κ2) is 8.47. The first-order chi connectivity index (χ1) is 16.3. The van der Waals surface area contributed by atoms with Gasteiger partial charge in [-0.25, -0.2) is 4.39 Å². The summed E-state index contributed by atoms with van der Waals surface area (Å²) in [6.45, 7) is 0. The molecule has 1 aliphatic rings. The van der Waals surface area contributed by atoms with E-state index in [1.807, 2.05) is 0 Å². The van der Waals surface area contributed by atoms with Crippen molar-refractivity contribution in [3.8, 4) is 0 Å². The molecule has 4 aromatic rings. The molecule has 9 heteroatoms. The van der Waals surface area contributed by atoms with Gasteiger partial charge in [-0.05, 0) is 48.5 Å². The fraction of sp³-hybridized carbons (Fsp3) is 0.0400. The van der Waals surface area contributed by atoms with Crippen LogP contribution in [0.3, 0.4) is 0 Å². The van der Waals surface area contributed by atoms with Gasteiger partial charge in [0.25, 0.3) is 5.91 Å². The van der Waals surface area contributed by atoms with Gasteiger partial charge in [0, 0.05) is 21.7 Å².